The second-order valence-corrected chi connectivity index (χ2v) is 2.67. The van der Waals surface area contributed by atoms with Crippen molar-refractivity contribution in [2.45, 2.75) is 6.92 Å². The van der Waals surface area contributed by atoms with Crippen LogP contribution in [-0.2, 0) is 0 Å². The highest BCUT2D eigenvalue weighted by molar-refractivity contribution is 6.43. The van der Waals surface area contributed by atoms with Gasteiger partial charge in [-0.05, 0) is 6.92 Å². The van der Waals surface area contributed by atoms with Gasteiger partial charge in [-0.25, -0.2) is 0 Å². The second kappa shape index (κ2) is 2.64. The third kappa shape index (κ3) is 1.04. The Bertz CT molecular complexity index is 267. The van der Waals surface area contributed by atoms with E-state index in [-0.39, 0.29) is 0 Å². The molecule has 1 aromatic heterocycles. The normalized spacial score (nSPS) is 9.90. The predicted octanol–water partition coefficient (Wildman–Crippen LogP) is 2.44. The molecule has 0 unspecified atom stereocenters. The fourth-order valence-electron chi connectivity index (χ4n) is 0.676. The van der Waals surface area contributed by atoms with Gasteiger partial charge in [0.25, 0.3) is 0 Å². The lowest BCUT2D eigenvalue weighted by molar-refractivity contribution is 0.111. The first-order chi connectivity index (χ1) is 4.66. The van der Waals surface area contributed by atoms with Gasteiger partial charge >= 0.3 is 0 Å². The molecule has 1 N–H and O–H groups in total. The maximum atomic E-state index is 10.2. The molecule has 10 heavy (non-hydrogen) atoms. The predicted molar refractivity (Wildman–Crippen MR) is 40.9 cm³/mol. The standard InChI is InChI=1S/C6H5Cl2NO/c1-3-5(7)6(8)4(2-10)9-3/h2,9H,1H3. The van der Waals surface area contributed by atoms with Gasteiger partial charge in [-0.2, -0.15) is 0 Å². The lowest BCUT2D eigenvalue weighted by Gasteiger charge is -1.82. The summed E-state index contributed by atoms with van der Waals surface area (Å²) in [6.45, 7) is 1.75. The number of hydrogen-bond acceptors (Lipinski definition) is 1. The smallest absolute Gasteiger partial charge is 0.167 e. The molecule has 2 nitrogen and oxygen atoms in total. The zero-order valence-corrected chi connectivity index (χ0v) is 6.75. The first kappa shape index (κ1) is 7.63. The monoisotopic (exact) mass is 177 g/mol. The Labute approximate surface area is 68.1 Å². The third-order valence-corrected chi connectivity index (χ3v) is 2.16. The Balaban J connectivity index is 3.30. The van der Waals surface area contributed by atoms with Crippen LogP contribution in [0, 0.1) is 6.92 Å². The lowest BCUT2D eigenvalue weighted by atomic mass is 10.4. The Morgan fingerprint density at radius 3 is 2.20 bits per heavy atom. The van der Waals surface area contributed by atoms with E-state index in [1.165, 1.54) is 0 Å². The number of aromatic nitrogens is 1. The van der Waals surface area contributed by atoms with Gasteiger partial charge in [-0.15, -0.1) is 0 Å². The molecule has 54 valence electrons. The Morgan fingerprint density at radius 2 is 2.00 bits per heavy atom. The van der Waals surface area contributed by atoms with Crippen LogP contribution in [0.3, 0.4) is 0 Å². The van der Waals surface area contributed by atoms with Gasteiger partial charge in [0.2, 0.25) is 0 Å². The summed E-state index contributed by atoms with van der Waals surface area (Å²) >= 11 is 11.3. The lowest BCUT2D eigenvalue weighted by Crippen LogP contribution is -1.78. The number of hydrogen-bond donors (Lipinski definition) is 1. The maximum absolute atomic E-state index is 10.2. The second-order valence-electron chi connectivity index (χ2n) is 1.91. The molecule has 0 amide bonds. The Hall–Kier alpha value is -0.470. The molecule has 1 rings (SSSR count). The number of nitrogens with one attached hydrogen (secondary N) is 1. The summed E-state index contributed by atoms with van der Waals surface area (Å²) in [5, 5.41) is 0.720. The van der Waals surface area contributed by atoms with Crippen molar-refractivity contribution in [1.29, 1.82) is 0 Å². The van der Waals surface area contributed by atoms with E-state index >= 15 is 0 Å². The minimum absolute atomic E-state index is 0.300. The fourth-order valence-corrected chi connectivity index (χ4v) is 1.06. The van der Waals surface area contributed by atoms with Crippen molar-refractivity contribution in [2.75, 3.05) is 0 Å². The van der Waals surface area contributed by atoms with E-state index in [1.807, 2.05) is 0 Å². The summed E-state index contributed by atoms with van der Waals surface area (Å²) in [5.74, 6) is 0. The molecule has 0 spiro atoms. The van der Waals surface area contributed by atoms with Crippen molar-refractivity contribution >= 4 is 29.5 Å². The maximum Gasteiger partial charge on any atom is 0.167 e. The van der Waals surface area contributed by atoms with Crippen molar-refractivity contribution in [2.24, 2.45) is 0 Å². The van der Waals surface area contributed by atoms with E-state index in [2.05, 4.69) is 4.98 Å². The van der Waals surface area contributed by atoms with Gasteiger partial charge in [0.1, 0.15) is 0 Å². The van der Waals surface area contributed by atoms with Gasteiger partial charge in [0.05, 0.1) is 15.7 Å². The third-order valence-electron chi connectivity index (χ3n) is 1.20. The molecule has 1 aromatic rings. The SMILES string of the molecule is Cc1[nH]c(C=O)c(Cl)c1Cl. The first-order valence-corrected chi connectivity index (χ1v) is 3.41. The van der Waals surface area contributed by atoms with Crippen molar-refractivity contribution in [1.82, 2.24) is 4.98 Å². The van der Waals surface area contributed by atoms with Crippen molar-refractivity contribution in [3.63, 3.8) is 0 Å². The minimum Gasteiger partial charge on any atom is -0.354 e. The Morgan fingerprint density at radius 1 is 1.40 bits per heavy atom. The number of aromatic amines is 1. The van der Waals surface area contributed by atoms with Gasteiger partial charge in [0, 0.05) is 5.69 Å². The van der Waals surface area contributed by atoms with Crippen LogP contribution < -0.4 is 0 Å². The van der Waals surface area contributed by atoms with Crippen molar-refractivity contribution in [3.8, 4) is 0 Å². The number of aryl methyl sites for hydroxylation is 1. The van der Waals surface area contributed by atoms with Crippen LogP contribution in [0.4, 0.5) is 0 Å². The van der Waals surface area contributed by atoms with Crippen molar-refractivity contribution in [3.05, 3.63) is 21.4 Å². The highest BCUT2D eigenvalue weighted by Crippen LogP contribution is 2.27. The Kier molecular flexibility index (Phi) is 2.02. The zero-order chi connectivity index (χ0) is 7.72. The van der Waals surface area contributed by atoms with Crippen LogP contribution in [0.2, 0.25) is 10.0 Å². The molecule has 0 aliphatic carbocycles. The summed E-state index contributed by atoms with van der Waals surface area (Å²) in [5.41, 5.74) is 1.05. The van der Waals surface area contributed by atoms with E-state index in [0.717, 1.165) is 0 Å². The van der Waals surface area contributed by atoms with Gasteiger partial charge < -0.3 is 4.98 Å². The average molecular weight is 178 g/mol. The molecule has 0 aliphatic heterocycles. The van der Waals surface area contributed by atoms with Crippen LogP contribution in [0.15, 0.2) is 0 Å². The van der Waals surface area contributed by atoms with E-state index in [4.69, 9.17) is 23.2 Å². The topological polar surface area (TPSA) is 32.9 Å². The van der Waals surface area contributed by atoms with Gasteiger partial charge in [0.15, 0.2) is 6.29 Å². The first-order valence-electron chi connectivity index (χ1n) is 2.65. The van der Waals surface area contributed by atoms with E-state index in [1.54, 1.807) is 6.92 Å². The fraction of sp³-hybridized carbons (Fsp3) is 0.167. The van der Waals surface area contributed by atoms with Crippen LogP contribution in [0.5, 0.6) is 0 Å². The molecule has 1 heterocycles. The molecule has 0 fully saturated rings. The van der Waals surface area contributed by atoms with E-state index in [0.29, 0.717) is 27.7 Å². The molecule has 0 aliphatic rings. The molecule has 4 heteroatoms. The number of carbonyl (C=O) groups excluding carboxylic acids is 1. The summed E-state index contributed by atoms with van der Waals surface area (Å²) in [4.78, 5) is 12.9. The van der Waals surface area contributed by atoms with Crippen LogP contribution in [-0.4, -0.2) is 11.3 Å². The number of aldehydes is 1. The highest BCUT2D eigenvalue weighted by Gasteiger charge is 2.09. The van der Waals surface area contributed by atoms with Crippen LogP contribution in [0.1, 0.15) is 16.2 Å². The summed E-state index contributed by atoms with van der Waals surface area (Å²) in [7, 11) is 0. The highest BCUT2D eigenvalue weighted by atomic mass is 35.5. The van der Waals surface area contributed by atoms with E-state index in [9.17, 15) is 4.79 Å². The quantitative estimate of drug-likeness (QED) is 0.658. The summed E-state index contributed by atoms with van der Waals surface area (Å²) in [6, 6.07) is 0. The molecule has 0 atom stereocenters. The number of carbonyl (C=O) groups is 1. The van der Waals surface area contributed by atoms with Crippen molar-refractivity contribution < 1.29 is 4.79 Å². The molecule has 0 saturated carbocycles. The number of rotatable bonds is 1. The molecule has 0 bridgehead atoms. The van der Waals surface area contributed by atoms with Crippen LogP contribution in [0.25, 0.3) is 0 Å². The van der Waals surface area contributed by atoms with E-state index < -0.39 is 0 Å². The van der Waals surface area contributed by atoms with Gasteiger partial charge in [-0.1, -0.05) is 23.2 Å². The molecule has 0 saturated heterocycles. The summed E-state index contributed by atoms with van der Waals surface area (Å²) in [6.07, 6.45) is 0.640. The summed E-state index contributed by atoms with van der Waals surface area (Å²) < 4.78 is 0. The molecular weight excluding hydrogens is 173 g/mol. The molecule has 0 aromatic carbocycles. The average Bonchev–Trinajstić information content (AvgIpc) is 2.17. The van der Waals surface area contributed by atoms with Crippen LogP contribution >= 0.6 is 23.2 Å². The molecular formula is C6H5Cl2NO. The number of H-pyrrole nitrogens is 1. The largest absolute Gasteiger partial charge is 0.354 e. The zero-order valence-electron chi connectivity index (χ0n) is 5.24. The van der Waals surface area contributed by atoms with Gasteiger partial charge in [-0.3, -0.25) is 4.79 Å². The molecule has 0 radical (unpaired) electrons. The minimum atomic E-state index is 0.300. The number of halogens is 2.